The van der Waals surface area contributed by atoms with Crippen LogP contribution in [0.25, 0.3) is 55.8 Å². The summed E-state index contributed by atoms with van der Waals surface area (Å²) in [6, 6.07) is 62.0. The van der Waals surface area contributed by atoms with Crippen LogP contribution in [-0.4, -0.2) is 4.98 Å². The van der Waals surface area contributed by atoms with E-state index in [-0.39, 0.29) is 20.1 Å². The minimum Gasteiger partial charge on any atom is -0.304 e. The molecule has 0 unspecified atom stereocenters. The van der Waals surface area contributed by atoms with Crippen LogP contribution < -0.4 is 0 Å². The Hall–Kier alpha value is -4.88. The van der Waals surface area contributed by atoms with Gasteiger partial charge in [0.15, 0.2) is 0 Å². The summed E-state index contributed by atoms with van der Waals surface area (Å²) in [5.41, 5.74) is 14.4. The summed E-state index contributed by atoms with van der Waals surface area (Å²) in [4.78, 5) is 4.78. The molecule has 0 aliphatic heterocycles. The number of hydrogen-bond acceptors (Lipinski definition) is 1. The Morgan fingerprint density at radius 1 is 0.388 bits per heavy atom. The summed E-state index contributed by atoms with van der Waals surface area (Å²) in [7, 11) is 0. The van der Waals surface area contributed by atoms with E-state index >= 15 is 0 Å². The van der Waals surface area contributed by atoms with Crippen molar-refractivity contribution in [3.63, 3.8) is 0 Å². The van der Waals surface area contributed by atoms with Gasteiger partial charge in [0.05, 0.1) is 0 Å². The van der Waals surface area contributed by atoms with E-state index in [9.17, 15) is 0 Å². The van der Waals surface area contributed by atoms with Crippen LogP contribution in [0.5, 0.6) is 0 Å². The predicted molar refractivity (Wildman–Crippen MR) is 203 cm³/mol. The van der Waals surface area contributed by atoms with Crippen LogP contribution in [0, 0.1) is 6.07 Å². The number of nitrogens with zero attached hydrogens (tertiary/aromatic N) is 1. The van der Waals surface area contributed by atoms with Crippen molar-refractivity contribution in [1.82, 2.24) is 4.98 Å². The maximum atomic E-state index is 4.78. The third-order valence-electron chi connectivity index (χ3n) is 9.12. The van der Waals surface area contributed by atoms with Gasteiger partial charge in [0, 0.05) is 26.3 Å². The molecule has 0 atom stereocenters. The molecule has 0 N–H and O–H groups in total. The Balaban J connectivity index is 0.00000417. The molecule has 0 saturated carbocycles. The fraction of sp³-hybridized carbons (Fsp3) is 0.128. The van der Waals surface area contributed by atoms with Gasteiger partial charge < -0.3 is 4.98 Å². The van der Waals surface area contributed by atoms with Crippen LogP contribution in [0.15, 0.2) is 170 Å². The first kappa shape index (κ1) is 34.0. The Morgan fingerprint density at radius 2 is 0.898 bits per heavy atom. The second kappa shape index (κ2) is 17.0. The summed E-state index contributed by atoms with van der Waals surface area (Å²) in [6.45, 7) is 0. The van der Waals surface area contributed by atoms with Crippen LogP contribution >= 0.6 is 0 Å². The Labute approximate surface area is 305 Å². The molecule has 0 aliphatic carbocycles. The topological polar surface area (TPSA) is 12.9 Å². The molecule has 7 aromatic rings. The van der Waals surface area contributed by atoms with Gasteiger partial charge in [-0.05, 0) is 93.6 Å². The molecule has 0 amide bonds. The predicted octanol–water partition coefficient (Wildman–Crippen LogP) is 12.6. The minimum absolute atomic E-state index is 0. The molecule has 0 bridgehead atoms. The fourth-order valence-corrected chi connectivity index (χ4v) is 6.47. The Morgan fingerprint density at radius 3 is 1.51 bits per heavy atom. The van der Waals surface area contributed by atoms with Gasteiger partial charge in [-0.15, -0.1) is 35.4 Å². The molecule has 0 saturated heterocycles. The van der Waals surface area contributed by atoms with Gasteiger partial charge in [0.1, 0.15) is 0 Å². The zero-order valence-electron chi connectivity index (χ0n) is 27.7. The van der Waals surface area contributed by atoms with E-state index in [4.69, 9.17) is 4.98 Å². The number of benzene rings is 6. The second-order valence-corrected chi connectivity index (χ2v) is 12.6. The van der Waals surface area contributed by atoms with E-state index in [0.29, 0.717) is 0 Å². The number of pyridine rings is 1. The SMILES string of the molecule is [Ir].[c-]1ccc(-c2cccc(-c3cccc(-c4cccc(CCCCCCc5ccccc5)c4)c3)c2)cc1-c1ccc(-c2ccccc2)cn1. The van der Waals surface area contributed by atoms with Gasteiger partial charge in [0.25, 0.3) is 0 Å². The molecule has 1 heterocycles. The van der Waals surface area contributed by atoms with Gasteiger partial charge in [-0.1, -0.05) is 146 Å². The number of unbranched alkanes of at least 4 members (excludes halogenated alkanes) is 3. The molecule has 1 nitrogen and oxygen atoms in total. The van der Waals surface area contributed by atoms with Gasteiger partial charge in [-0.2, -0.15) is 0 Å². The van der Waals surface area contributed by atoms with Gasteiger partial charge >= 0.3 is 0 Å². The zero-order chi connectivity index (χ0) is 32.4. The van der Waals surface area contributed by atoms with Gasteiger partial charge in [-0.25, -0.2) is 0 Å². The molecule has 0 aliphatic rings. The van der Waals surface area contributed by atoms with Crippen LogP contribution in [0.2, 0.25) is 0 Å². The van der Waals surface area contributed by atoms with Crippen molar-refractivity contribution in [1.29, 1.82) is 0 Å². The second-order valence-electron chi connectivity index (χ2n) is 12.6. The van der Waals surface area contributed by atoms with Crippen LogP contribution in [0.3, 0.4) is 0 Å². The average molecular weight is 811 g/mol. The molecule has 243 valence electrons. The summed E-state index contributed by atoms with van der Waals surface area (Å²) < 4.78 is 0. The quantitative estimate of drug-likeness (QED) is 0.0885. The van der Waals surface area contributed by atoms with Crippen LogP contribution in [0.4, 0.5) is 0 Å². The largest absolute Gasteiger partial charge is 0.304 e. The molecular weight excluding hydrogens is 771 g/mol. The molecule has 1 radical (unpaired) electrons. The van der Waals surface area contributed by atoms with Gasteiger partial charge in [-0.3, -0.25) is 0 Å². The van der Waals surface area contributed by atoms with Crippen molar-refractivity contribution in [2.75, 3.05) is 0 Å². The number of rotatable bonds is 12. The first-order valence-corrected chi connectivity index (χ1v) is 17.2. The van der Waals surface area contributed by atoms with E-state index in [0.717, 1.165) is 28.8 Å². The van der Waals surface area contributed by atoms with Crippen molar-refractivity contribution < 1.29 is 20.1 Å². The third kappa shape index (κ3) is 8.98. The van der Waals surface area contributed by atoms with E-state index in [1.807, 2.05) is 18.3 Å². The van der Waals surface area contributed by atoms with E-state index < -0.39 is 0 Å². The monoisotopic (exact) mass is 811 g/mol. The van der Waals surface area contributed by atoms with Crippen LogP contribution in [-0.2, 0) is 32.9 Å². The molecule has 0 fully saturated rings. The van der Waals surface area contributed by atoms with Crippen molar-refractivity contribution in [2.45, 2.75) is 38.5 Å². The minimum atomic E-state index is 0. The molecule has 49 heavy (non-hydrogen) atoms. The smallest absolute Gasteiger partial charge is 0.0239 e. The third-order valence-corrected chi connectivity index (χ3v) is 9.12. The summed E-state index contributed by atoms with van der Waals surface area (Å²) in [5, 5.41) is 0. The first-order chi connectivity index (χ1) is 23.8. The summed E-state index contributed by atoms with van der Waals surface area (Å²) in [5.74, 6) is 0. The standard InChI is InChI=1S/C47H40N.Ir/c1(5-15-36-16-7-3-8-17-36)2-6-18-37-19-11-22-39(31-37)40-23-12-24-41(32-40)42-25-13-26-43(33-42)44-27-14-28-45(34-44)47-30-29-46(35-48-47)38-20-9-4-10-21-38;/h3-4,7-14,16-17,19-27,29-35H,1-2,5-6,15,18H2;/q-1;. The Bertz CT molecular complexity index is 2070. The number of aromatic nitrogens is 1. The molecule has 7 rings (SSSR count). The molecule has 2 heteroatoms. The average Bonchev–Trinajstić information content (AvgIpc) is 3.17. The van der Waals surface area contributed by atoms with Crippen LogP contribution in [0.1, 0.15) is 36.8 Å². The molecule has 6 aromatic carbocycles. The summed E-state index contributed by atoms with van der Waals surface area (Å²) in [6.07, 6.45) is 9.33. The maximum absolute atomic E-state index is 4.78. The van der Waals surface area contributed by atoms with E-state index in [1.54, 1.807) is 0 Å². The van der Waals surface area contributed by atoms with Gasteiger partial charge in [0.2, 0.25) is 0 Å². The van der Waals surface area contributed by atoms with Crippen molar-refractivity contribution in [3.05, 3.63) is 187 Å². The maximum Gasteiger partial charge on any atom is 0.0239 e. The molecule has 1 aromatic heterocycles. The van der Waals surface area contributed by atoms with E-state index in [2.05, 4.69) is 158 Å². The van der Waals surface area contributed by atoms with Crippen molar-refractivity contribution in [2.24, 2.45) is 0 Å². The van der Waals surface area contributed by atoms with Crippen molar-refractivity contribution >= 4 is 0 Å². The fourth-order valence-electron chi connectivity index (χ4n) is 6.47. The molecular formula is C47H40IrN-. The number of aryl methyl sites for hydroxylation is 2. The van der Waals surface area contributed by atoms with E-state index in [1.165, 1.54) is 76.6 Å². The normalized spacial score (nSPS) is 10.8. The first-order valence-electron chi connectivity index (χ1n) is 17.2. The zero-order valence-corrected chi connectivity index (χ0v) is 30.1. The summed E-state index contributed by atoms with van der Waals surface area (Å²) >= 11 is 0. The molecule has 0 spiro atoms. The van der Waals surface area contributed by atoms with Crippen molar-refractivity contribution in [3.8, 4) is 55.8 Å². The number of hydrogen-bond donors (Lipinski definition) is 0. The Kier molecular flexibility index (Phi) is 11.8.